The van der Waals surface area contributed by atoms with Gasteiger partial charge in [-0.25, -0.2) is 0 Å². The molecule has 0 bridgehead atoms. The summed E-state index contributed by atoms with van der Waals surface area (Å²) in [5.74, 6) is 0.0382. The number of rotatable bonds is 5. The summed E-state index contributed by atoms with van der Waals surface area (Å²) in [6.07, 6.45) is -4.84. The van der Waals surface area contributed by atoms with E-state index in [0.717, 1.165) is 6.07 Å². The molecular weight excluding hydrogens is 255 g/mol. The van der Waals surface area contributed by atoms with Gasteiger partial charge in [0.2, 0.25) is 0 Å². The molecule has 1 rings (SSSR count). The van der Waals surface area contributed by atoms with Crippen LogP contribution in [0.4, 0.5) is 13.2 Å². The minimum atomic E-state index is -4.40. The first-order chi connectivity index (χ1) is 8.79. The van der Waals surface area contributed by atoms with Crippen molar-refractivity contribution in [2.24, 2.45) is 11.7 Å². The third kappa shape index (κ3) is 3.94. The van der Waals surface area contributed by atoms with E-state index in [2.05, 4.69) is 0 Å². The summed E-state index contributed by atoms with van der Waals surface area (Å²) in [7, 11) is 0. The molecule has 1 aromatic rings. The molecule has 2 nitrogen and oxygen atoms in total. The zero-order chi connectivity index (χ0) is 14.6. The van der Waals surface area contributed by atoms with Crippen LogP contribution in [0.15, 0.2) is 24.3 Å². The Morgan fingerprint density at radius 2 is 1.79 bits per heavy atom. The Balaban J connectivity index is 3.14. The van der Waals surface area contributed by atoms with Crippen LogP contribution in [0.1, 0.15) is 37.9 Å². The molecule has 2 unspecified atom stereocenters. The molecule has 0 heterocycles. The number of hydrogen-bond acceptors (Lipinski definition) is 2. The molecule has 0 spiro atoms. The summed E-state index contributed by atoms with van der Waals surface area (Å²) < 4.78 is 44.4. The molecule has 0 fully saturated rings. The smallest absolute Gasteiger partial charge is 0.376 e. The molecule has 19 heavy (non-hydrogen) atoms. The third-order valence-corrected chi connectivity index (χ3v) is 3.00. The van der Waals surface area contributed by atoms with Crippen LogP contribution in [0.2, 0.25) is 0 Å². The van der Waals surface area contributed by atoms with E-state index in [0.29, 0.717) is 6.61 Å². The van der Waals surface area contributed by atoms with Crippen LogP contribution in [0.3, 0.4) is 0 Å². The fourth-order valence-corrected chi connectivity index (χ4v) is 2.13. The first kappa shape index (κ1) is 16.0. The molecule has 0 radical (unpaired) electrons. The lowest BCUT2D eigenvalue weighted by Gasteiger charge is -2.29. The van der Waals surface area contributed by atoms with Crippen molar-refractivity contribution in [1.82, 2.24) is 0 Å². The van der Waals surface area contributed by atoms with Crippen LogP contribution in [-0.2, 0) is 10.9 Å². The van der Waals surface area contributed by atoms with Crippen LogP contribution >= 0.6 is 0 Å². The molecule has 2 N–H and O–H groups in total. The van der Waals surface area contributed by atoms with Gasteiger partial charge in [-0.3, -0.25) is 0 Å². The summed E-state index contributed by atoms with van der Waals surface area (Å²) in [6.45, 7) is 6.00. The van der Waals surface area contributed by atoms with Gasteiger partial charge in [0.25, 0.3) is 0 Å². The van der Waals surface area contributed by atoms with Gasteiger partial charge in [-0.2, -0.15) is 13.2 Å². The lowest BCUT2D eigenvalue weighted by atomic mass is 9.91. The van der Waals surface area contributed by atoms with E-state index in [1.165, 1.54) is 12.1 Å². The average Bonchev–Trinajstić information content (AvgIpc) is 2.33. The topological polar surface area (TPSA) is 35.2 Å². The first-order valence-corrected chi connectivity index (χ1v) is 6.32. The Morgan fingerprint density at radius 3 is 2.26 bits per heavy atom. The standard InChI is InChI=1S/C14H20F3NO/c1-4-19-13(9(2)3)12(18)10-7-5-6-8-11(10)14(15,16)17/h5-9,12-13H,4,18H2,1-3H3. The molecule has 1 aromatic carbocycles. The molecule has 2 atom stereocenters. The largest absolute Gasteiger partial charge is 0.416 e. The second-order valence-electron chi connectivity index (χ2n) is 4.77. The van der Waals surface area contributed by atoms with Gasteiger partial charge in [0, 0.05) is 6.61 Å². The number of nitrogens with two attached hydrogens (primary N) is 1. The fourth-order valence-electron chi connectivity index (χ4n) is 2.13. The van der Waals surface area contributed by atoms with E-state index < -0.39 is 23.9 Å². The van der Waals surface area contributed by atoms with Crippen molar-refractivity contribution < 1.29 is 17.9 Å². The highest BCUT2D eigenvalue weighted by Crippen LogP contribution is 2.36. The van der Waals surface area contributed by atoms with Crippen molar-refractivity contribution in [3.63, 3.8) is 0 Å². The van der Waals surface area contributed by atoms with Gasteiger partial charge in [-0.1, -0.05) is 32.0 Å². The highest BCUT2D eigenvalue weighted by atomic mass is 19.4. The summed E-state index contributed by atoms with van der Waals surface area (Å²) >= 11 is 0. The van der Waals surface area contributed by atoms with Crippen LogP contribution in [0.5, 0.6) is 0 Å². The van der Waals surface area contributed by atoms with Gasteiger partial charge in [0.1, 0.15) is 0 Å². The van der Waals surface area contributed by atoms with Crippen molar-refractivity contribution in [1.29, 1.82) is 0 Å². The Morgan fingerprint density at radius 1 is 1.21 bits per heavy atom. The Hall–Kier alpha value is -1.07. The zero-order valence-electron chi connectivity index (χ0n) is 11.4. The van der Waals surface area contributed by atoms with Gasteiger partial charge in [-0.05, 0) is 24.5 Å². The third-order valence-electron chi connectivity index (χ3n) is 3.00. The average molecular weight is 275 g/mol. The molecule has 5 heteroatoms. The van der Waals surface area contributed by atoms with Crippen LogP contribution in [0, 0.1) is 5.92 Å². The maximum atomic E-state index is 13.0. The molecule has 0 aliphatic rings. The molecule has 0 amide bonds. The molecule has 0 saturated heterocycles. The van der Waals surface area contributed by atoms with E-state index in [1.807, 2.05) is 13.8 Å². The minimum Gasteiger partial charge on any atom is -0.376 e. The van der Waals surface area contributed by atoms with E-state index in [1.54, 1.807) is 13.0 Å². The lowest BCUT2D eigenvalue weighted by Crippen LogP contribution is -2.34. The number of halogens is 3. The number of alkyl halides is 3. The summed E-state index contributed by atoms with van der Waals surface area (Å²) in [5.41, 5.74) is 5.40. The Labute approximate surface area is 111 Å². The van der Waals surface area contributed by atoms with Gasteiger partial charge < -0.3 is 10.5 Å². The second kappa shape index (κ2) is 6.39. The molecule has 0 aliphatic carbocycles. The summed E-state index contributed by atoms with van der Waals surface area (Å²) in [5, 5.41) is 0. The van der Waals surface area contributed by atoms with Crippen molar-refractivity contribution in [3.05, 3.63) is 35.4 Å². The predicted octanol–water partition coefficient (Wildman–Crippen LogP) is 3.77. The normalized spacial score (nSPS) is 15.6. The summed E-state index contributed by atoms with van der Waals surface area (Å²) in [6, 6.07) is 4.61. The van der Waals surface area contributed by atoms with Gasteiger partial charge >= 0.3 is 6.18 Å². The molecule has 0 saturated carbocycles. The minimum absolute atomic E-state index is 0.0382. The predicted molar refractivity (Wildman–Crippen MR) is 68.6 cm³/mol. The van der Waals surface area contributed by atoms with E-state index in [4.69, 9.17) is 10.5 Å². The monoisotopic (exact) mass is 275 g/mol. The van der Waals surface area contributed by atoms with E-state index >= 15 is 0 Å². The second-order valence-corrected chi connectivity index (χ2v) is 4.77. The van der Waals surface area contributed by atoms with Crippen molar-refractivity contribution in [3.8, 4) is 0 Å². The molecule has 0 aliphatic heterocycles. The Bertz CT molecular complexity index is 404. The van der Waals surface area contributed by atoms with Crippen LogP contribution in [-0.4, -0.2) is 12.7 Å². The van der Waals surface area contributed by atoms with E-state index in [9.17, 15) is 13.2 Å². The van der Waals surface area contributed by atoms with Gasteiger partial charge in [0.05, 0.1) is 17.7 Å². The molecular formula is C14H20F3NO. The number of ether oxygens (including phenoxy) is 1. The quantitative estimate of drug-likeness (QED) is 0.887. The van der Waals surface area contributed by atoms with Gasteiger partial charge in [-0.15, -0.1) is 0 Å². The van der Waals surface area contributed by atoms with Crippen LogP contribution in [0.25, 0.3) is 0 Å². The van der Waals surface area contributed by atoms with E-state index in [-0.39, 0.29) is 11.5 Å². The highest BCUT2D eigenvalue weighted by molar-refractivity contribution is 5.33. The maximum Gasteiger partial charge on any atom is 0.416 e. The first-order valence-electron chi connectivity index (χ1n) is 6.32. The maximum absolute atomic E-state index is 13.0. The lowest BCUT2D eigenvalue weighted by molar-refractivity contribution is -0.138. The van der Waals surface area contributed by atoms with Crippen LogP contribution < -0.4 is 5.73 Å². The van der Waals surface area contributed by atoms with Crippen molar-refractivity contribution in [2.45, 2.75) is 39.1 Å². The SMILES string of the molecule is CCOC(C(C)C)C(N)c1ccccc1C(F)(F)F. The number of hydrogen-bond donors (Lipinski definition) is 1. The fraction of sp³-hybridized carbons (Fsp3) is 0.571. The summed E-state index contributed by atoms with van der Waals surface area (Å²) in [4.78, 5) is 0. The zero-order valence-corrected chi connectivity index (χ0v) is 11.4. The molecule has 108 valence electrons. The number of benzene rings is 1. The van der Waals surface area contributed by atoms with Crippen molar-refractivity contribution >= 4 is 0 Å². The Kier molecular flexibility index (Phi) is 5.38. The highest BCUT2D eigenvalue weighted by Gasteiger charge is 2.36. The van der Waals surface area contributed by atoms with Gasteiger partial charge in [0.15, 0.2) is 0 Å². The molecule has 0 aromatic heterocycles. The van der Waals surface area contributed by atoms with Crippen molar-refractivity contribution in [2.75, 3.05) is 6.61 Å².